The normalized spacial score (nSPS) is 7.27. The zero-order chi connectivity index (χ0) is 7.07. The van der Waals surface area contributed by atoms with E-state index in [2.05, 4.69) is 9.97 Å². The molecule has 5 heteroatoms. The van der Waals surface area contributed by atoms with Crippen molar-refractivity contribution >= 4 is 22.7 Å². The fourth-order valence-electron chi connectivity index (χ4n) is 0.351. The van der Waals surface area contributed by atoms with Crippen molar-refractivity contribution in [3.63, 3.8) is 0 Å². The molecule has 63 valence electrons. The zero-order valence-corrected chi connectivity index (χ0v) is 8.05. The molecule has 0 saturated heterocycles. The van der Waals surface area contributed by atoms with Crippen molar-refractivity contribution in [2.45, 2.75) is 0 Å². The second-order valence-corrected chi connectivity index (χ2v) is 2.86. The summed E-state index contributed by atoms with van der Waals surface area (Å²) in [6, 6.07) is 0. The molecule has 2 nitrogen and oxygen atoms in total. The summed E-state index contributed by atoms with van der Waals surface area (Å²) in [7, 11) is 0. The molecule has 11 heavy (non-hydrogen) atoms. The average molecular weight is 234 g/mol. The van der Waals surface area contributed by atoms with E-state index < -0.39 is 0 Å². The van der Waals surface area contributed by atoms with E-state index in [1.165, 1.54) is 0 Å². The molecule has 2 rings (SSSR count). The third-order valence-corrected chi connectivity index (χ3v) is 1.74. The van der Waals surface area contributed by atoms with Crippen LogP contribution in [0.3, 0.4) is 0 Å². The zero-order valence-electron chi connectivity index (χ0n) is 5.48. The first-order valence-corrected chi connectivity index (χ1v) is 4.53. The molecule has 0 amide bonds. The fraction of sp³-hybridized carbons (Fsp3) is 0. The van der Waals surface area contributed by atoms with Crippen molar-refractivity contribution in [1.29, 1.82) is 0 Å². The number of thiazole rings is 2. The molecule has 1 radical (unpaired) electrons. The van der Waals surface area contributed by atoms with Crippen LogP contribution < -0.4 is 0 Å². The van der Waals surface area contributed by atoms with E-state index in [0.717, 1.165) is 0 Å². The van der Waals surface area contributed by atoms with Crippen molar-refractivity contribution in [1.82, 2.24) is 9.97 Å². The molecule has 0 fully saturated rings. The summed E-state index contributed by atoms with van der Waals surface area (Å²) < 4.78 is 0. The molecule has 0 saturated carbocycles. The van der Waals surface area contributed by atoms with Gasteiger partial charge in [-0.25, -0.2) is 0 Å². The van der Waals surface area contributed by atoms with Crippen LogP contribution in [-0.2, 0) is 17.1 Å². The van der Waals surface area contributed by atoms with Gasteiger partial charge in [-0.1, -0.05) is 0 Å². The van der Waals surface area contributed by atoms with Crippen molar-refractivity contribution < 1.29 is 17.1 Å². The Kier molecular flexibility index (Phi) is 7.72. The van der Waals surface area contributed by atoms with E-state index in [1.807, 2.05) is 10.8 Å². The van der Waals surface area contributed by atoms with Crippen LogP contribution in [0.5, 0.6) is 0 Å². The molecule has 0 aliphatic rings. The molecule has 2 aromatic rings. The van der Waals surface area contributed by atoms with E-state index >= 15 is 0 Å². The first kappa shape index (κ1) is 10.8. The first-order valence-electron chi connectivity index (χ1n) is 2.64. The van der Waals surface area contributed by atoms with Crippen molar-refractivity contribution in [2.24, 2.45) is 0 Å². The van der Waals surface area contributed by atoms with Crippen LogP contribution in [0.15, 0.2) is 34.2 Å². The van der Waals surface area contributed by atoms with Crippen LogP contribution in [0.2, 0.25) is 0 Å². The minimum atomic E-state index is 0. The second kappa shape index (κ2) is 7.88. The third-order valence-electron chi connectivity index (χ3n) is 0.694. The summed E-state index contributed by atoms with van der Waals surface area (Å²) >= 11 is 3.20. The van der Waals surface area contributed by atoms with Gasteiger partial charge < -0.3 is 0 Å². The Morgan fingerprint density at radius 1 is 0.818 bits per heavy atom. The molecule has 0 bridgehead atoms. The Balaban J connectivity index is 0.000000167. The van der Waals surface area contributed by atoms with Gasteiger partial charge in [-0.2, -0.15) is 0 Å². The SMILES string of the molecule is [Cu].c1cscn1.c1cscn1. The van der Waals surface area contributed by atoms with Crippen LogP contribution in [0.4, 0.5) is 0 Å². The van der Waals surface area contributed by atoms with Crippen LogP contribution >= 0.6 is 22.7 Å². The smallest absolute Gasteiger partial charge is 0.0791 e. The van der Waals surface area contributed by atoms with Gasteiger partial charge in [-0.15, -0.1) is 22.7 Å². The predicted octanol–water partition coefficient (Wildman–Crippen LogP) is 2.28. The molecule has 0 unspecified atom stereocenters. The maximum Gasteiger partial charge on any atom is 0.0791 e. The van der Waals surface area contributed by atoms with Gasteiger partial charge >= 0.3 is 0 Å². The molecular formula is C6H6CuN2S2. The van der Waals surface area contributed by atoms with Gasteiger partial charge in [-0.3, -0.25) is 9.97 Å². The number of aromatic nitrogens is 2. The molecular weight excluding hydrogens is 228 g/mol. The number of hydrogen-bond donors (Lipinski definition) is 0. The van der Waals surface area contributed by atoms with Gasteiger partial charge in [0, 0.05) is 40.2 Å². The maximum absolute atomic E-state index is 3.74. The molecule has 0 aliphatic heterocycles. The van der Waals surface area contributed by atoms with Gasteiger partial charge in [0.05, 0.1) is 11.0 Å². The third kappa shape index (κ3) is 6.19. The van der Waals surface area contributed by atoms with Crippen molar-refractivity contribution in [3.05, 3.63) is 34.2 Å². The summed E-state index contributed by atoms with van der Waals surface area (Å²) in [6.45, 7) is 0. The Bertz CT molecular complexity index is 158. The predicted molar refractivity (Wildman–Crippen MR) is 44.2 cm³/mol. The van der Waals surface area contributed by atoms with Gasteiger partial charge in [0.2, 0.25) is 0 Å². The minimum absolute atomic E-state index is 0. The van der Waals surface area contributed by atoms with Crippen LogP contribution in [0.25, 0.3) is 0 Å². The topological polar surface area (TPSA) is 25.8 Å². The fourth-order valence-corrected chi connectivity index (χ4v) is 1.05. The van der Waals surface area contributed by atoms with Gasteiger partial charge in [-0.05, 0) is 0 Å². The number of nitrogens with zero attached hydrogens (tertiary/aromatic N) is 2. The summed E-state index contributed by atoms with van der Waals surface area (Å²) in [5.74, 6) is 0. The minimum Gasteiger partial charge on any atom is -0.253 e. The van der Waals surface area contributed by atoms with Gasteiger partial charge in [0.15, 0.2) is 0 Å². The van der Waals surface area contributed by atoms with Crippen LogP contribution in [0.1, 0.15) is 0 Å². The maximum atomic E-state index is 3.74. The molecule has 0 N–H and O–H groups in total. The van der Waals surface area contributed by atoms with E-state index in [1.54, 1.807) is 46.1 Å². The Labute approximate surface area is 83.8 Å². The molecule has 2 heterocycles. The molecule has 0 spiro atoms. The average Bonchev–Trinajstić information content (AvgIpc) is 2.67. The van der Waals surface area contributed by atoms with E-state index in [4.69, 9.17) is 0 Å². The van der Waals surface area contributed by atoms with Crippen LogP contribution in [-0.4, -0.2) is 9.97 Å². The van der Waals surface area contributed by atoms with E-state index in [9.17, 15) is 0 Å². The molecule has 0 aromatic carbocycles. The van der Waals surface area contributed by atoms with Gasteiger partial charge in [0.25, 0.3) is 0 Å². The first-order chi connectivity index (χ1) is 5.00. The summed E-state index contributed by atoms with van der Waals surface area (Å²) in [6.07, 6.45) is 3.54. The summed E-state index contributed by atoms with van der Waals surface area (Å²) in [5.41, 5.74) is 3.58. The number of rotatable bonds is 0. The van der Waals surface area contributed by atoms with E-state index in [-0.39, 0.29) is 17.1 Å². The number of hydrogen-bond acceptors (Lipinski definition) is 4. The Morgan fingerprint density at radius 3 is 1.36 bits per heavy atom. The summed E-state index contributed by atoms with van der Waals surface area (Å²) in [5, 5.41) is 3.86. The quantitative estimate of drug-likeness (QED) is 0.653. The summed E-state index contributed by atoms with van der Waals surface area (Å²) in [4.78, 5) is 7.48. The standard InChI is InChI=1S/2C3H3NS.Cu/c2*1-2-5-3-4-1;/h2*1-3H;. The Hall–Kier alpha value is -0.221. The van der Waals surface area contributed by atoms with Gasteiger partial charge in [0.1, 0.15) is 0 Å². The monoisotopic (exact) mass is 233 g/mol. The van der Waals surface area contributed by atoms with Crippen molar-refractivity contribution in [3.8, 4) is 0 Å². The largest absolute Gasteiger partial charge is 0.253 e. The van der Waals surface area contributed by atoms with Crippen molar-refractivity contribution in [2.75, 3.05) is 0 Å². The Morgan fingerprint density at radius 2 is 1.27 bits per heavy atom. The van der Waals surface area contributed by atoms with Crippen LogP contribution in [0, 0.1) is 0 Å². The second-order valence-electron chi connectivity index (χ2n) is 1.35. The molecule has 0 atom stereocenters. The van der Waals surface area contributed by atoms with E-state index in [0.29, 0.717) is 0 Å². The molecule has 0 aliphatic carbocycles. The molecule has 2 aromatic heterocycles.